The van der Waals surface area contributed by atoms with Gasteiger partial charge in [-0.3, -0.25) is 4.68 Å². The number of ether oxygens (including phenoxy) is 1. The lowest BCUT2D eigenvalue weighted by atomic mass is 10.2. The molecular weight excluding hydrogens is 408 g/mol. The first-order chi connectivity index (χ1) is 15.1. The molecule has 9 nitrogen and oxygen atoms in total. The van der Waals surface area contributed by atoms with Crippen LogP contribution in [-0.2, 0) is 6.54 Å². The second-order valence-electron chi connectivity index (χ2n) is 6.53. The summed E-state index contributed by atoms with van der Waals surface area (Å²) in [5.74, 6) is -1.31. The van der Waals surface area contributed by atoms with Crippen LogP contribution in [0.5, 0.6) is 6.01 Å². The van der Waals surface area contributed by atoms with Gasteiger partial charge in [-0.25, -0.2) is 28.7 Å². The van der Waals surface area contributed by atoms with Crippen molar-refractivity contribution in [1.82, 2.24) is 34.9 Å². The average Bonchev–Trinajstić information content (AvgIpc) is 3.42. The Morgan fingerprint density at radius 1 is 1.03 bits per heavy atom. The molecule has 5 rings (SSSR count). The molecule has 0 amide bonds. The Morgan fingerprint density at radius 3 is 2.65 bits per heavy atom. The van der Waals surface area contributed by atoms with Crippen LogP contribution < -0.4 is 4.74 Å². The highest BCUT2D eigenvalue weighted by Crippen LogP contribution is 2.27. The minimum atomic E-state index is -0.990. The zero-order valence-corrected chi connectivity index (χ0v) is 16.0. The number of hydrogen-bond donors (Lipinski definition) is 0. The molecule has 0 saturated carbocycles. The highest BCUT2D eigenvalue weighted by molar-refractivity contribution is 5.65. The molecule has 0 fully saturated rings. The Bertz CT molecular complexity index is 1330. The molecule has 0 radical (unpaired) electrons. The van der Waals surface area contributed by atoms with E-state index in [1.165, 1.54) is 25.4 Å². The lowest BCUT2D eigenvalue weighted by Crippen LogP contribution is -2.04. The highest BCUT2D eigenvalue weighted by Gasteiger charge is 2.18. The SMILES string of the molecule is COc1ncc(-c2cc(Cn3cc4nc(-c5cccc(F)c5F)nc-4cn3)on2)cn1. The molecule has 2 aliphatic heterocycles. The van der Waals surface area contributed by atoms with Crippen LogP contribution in [0.1, 0.15) is 5.76 Å². The number of benzene rings is 1. The van der Waals surface area contributed by atoms with Gasteiger partial charge in [-0.1, -0.05) is 11.2 Å². The maximum atomic E-state index is 14.1. The fraction of sp³-hybridized carbons (Fsp3) is 0.100. The van der Waals surface area contributed by atoms with Crippen LogP contribution >= 0.6 is 0 Å². The molecule has 1 aromatic carbocycles. The van der Waals surface area contributed by atoms with Crippen molar-refractivity contribution in [3.63, 3.8) is 0 Å². The summed E-state index contributed by atoms with van der Waals surface area (Å²) in [5.41, 5.74) is 2.18. The van der Waals surface area contributed by atoms with E-state index in [-0.39, 0.29) is 23.9 Å². The number of nitrogens with zero attached hydrogens (tertiary/aromatic N) is 7. The molecule has 2 aliphatic rings. The third-order valence-corrected chi connectivity index (χ3v) is 4.49. The van der Waals surface area contributed by atoms with Gasteiger partial charge in [0.05, 0.1) is 25.1 Å². The first-order valence-corrected chi connectivity index (χ1v) is 9.07. The van der Waals surface area contributed by atoms with Crippen molar-refractivity contribution in [3.05, 3.63) is 66.4 Å². The summed E-state index contributed by atoms with van der Waals surface area (Å²) < 4.78 is 39.5. The molecule has 4 heterocycles. The first kappa shape index (κ1) is 18.7. The Hall–Kier alpha value is -4.28. The van der Waals surface area contributed by atoms with Gasteiger partial charge in [-0.15, -0.1) is 0 Å². The Balaban J connectivity index is 1.39. The van der Waals surface area contributed by atoms with Crippen LogP contribution in [0, 0.1) is 11.6 Å². The molecule has 3 aromatic rings. The van der Waals surface area contributed by atoms with Crippen LogP contribution in [-0.4, -0.2) is 42.0 Å². The third kappa shape index (κ3) is 3.56. The van der Waals surface area contributed by atoms with Gasteiger partial charge in [0, 0.05) is 24.0 Å². The van der Waals surface area contributed by atoms with E-state index in [0.29, 0.717) is 28.4 Å². The van der Waals surface area contributed by atoms with Gasteiger partial charge in [0.25, 0.3) is 0 Å². The summed E-state index contributed by atoms with van der Waals surface area (Å²) in [7, 11) is 1.49. The zero-order valence-electron chi connectivity index (χ0n) is 16.0. The Morgan fingerprint density at radius 2 is 1.84 bits per heavy atom. The van der Waals surface area contributed by atoms with E-state index in [2.05, 4.69) is 30.2 Å². The van der Waals surface area contributed by atoms with Gasteiger partial charge < -0.3 is 9.26 Å². The van der Waals surface area contributed by atoms with Crippen LogP contribution in [0.3, 0.4) is 0 Å². The fourth-order valence-corrected chi connectivity index (χ4v) is 2.98. The van der Waals surface area contributed by atoms with E-state index in [4.69, 9.17) is 9.26 Å². The minimum absolute atomic E-state index is 0.00987. The van der Waals surface area contributed by atoms with E-state index in [1.807, 2.05) is 0 Å². The summed E-state index contributed by atoms with van der Waals surface area (Å²) in [6, 6.07) is 5.87. The van der Waals surface area contributed by atoms with Gasteiger partial charge in [0.15, 0.2) is 23.2 Å². The van der Waals surface area contributed by atoms with Crippen molar-refractivity contribution in [2.75, 3.05) is 7.11 Å². The third-order valence-electron chi connectivity index (χ3n) is 4.49. The van der Waals surface area contributed by atoms with Crippen LogP contribution in [0.25, 0.3) is 34.0 Å². The summed E-state index contributed by atoms with van der Waals surface area (Å²) in [4.78, 5) is 16.6. The first-order valence-electron chi connectivity index (χ1n) is 9.07. The molecule has 0 spiro atoms. The van der Waals surface area contributed by atoms with Crippen molar-refractivity contribution in [2.45, 2.75) is 6.54 Å². The van der Waals surface area contributed by atoms with Crippen molar-refractivity contribution in [3.8, 4) is 40.0 Å². The van der Waals surface area contributed by atoms with E-state index in [9.17, 15) is 8.78 Å². The van der Waals surface area contributed by atoms with E-state index < -0.39 is 11.6 Å². The van der Waals surface area contributed by atoms with E-state index in [0.717, 1.165) is 6.07 Å². The number of rotatable bonds is 5. The zero-order chi connectivity index (χ0) is 21.4. The molecule has 2 aromatic heterocycles. The summed E-state index contributed by atoms with van der Waals surface area (Å²) in [5, 5.41) is 8.29. The average molecular weight is 421 g/mol. The number of halogens is 2. The quantitative estimate of drug-likeness (QED) is 0.426. The topological polar surface area (TPSA) is 105 Å². The van der Waals surface area contributed by atoms with Crippen LogP contribution in [0.4, 0.5) is 8.78 Å². The molecule has 0 atom stereocenters. The number of methoxy groups -OCH3 is 1. The molecule has 11 heteroatoms. The molecule has 31 heavy (non-hydrogen) atoms. The van der Waals surface area contributed by atoms with Gasteiger partial charge in [-0.05, 0) is 12.1 Å². The van der Waals surface area contributed by atoms with Gasteiger partial charge in [-0.2, -0.15) is 5.10 Å². The standard InChI is InChI=1S/C20H13F2N7O2/c1-30-20-23-6-11(7-24-20)15-5-12(31-28-15)9-29-10-17-16(8-25-29)26-19(27-17)13-3-2-4-14(21)18(13)22/h2-8,10H,9H2,1H3. The minimum Gasteiger partial charge on any atom is -0.467 e. The molecule has 0 bridgehead atoms. The van der Waals surface area contributed by atoms with Gasteiger partial charge in [0.2, 0.25) is 0 Å². The fourth-order valence-electron chi connectivity index (χ4n) is 2.98. The van der Waals surface area contributed by atoms with E-state index >= 15 is 0 Å². The maximum Gasteiger partial charge on any atom is 0.316 e. The molecule has 0 N–H and O–H groups in total. The van der Waals surface area contributed by atoms with Crippen molar-refractivity contribution in [2.24, 2.45) is 0 Å². The normalized spacial score (nSPS) is 11.2. The highest BCUT2D eigenvalue weighted by atomic mass is 19.2. The van der Waals surface area contributed by atoms with Crippen LogP contribution in [0.15, 0.2) is 53.6 Å². The number of imidazole rings is 1. The molecular formula is C20H13F2N7O2. The number of aromatic nitrogens is 7. The summed E-state index contributed by atoms with van der Waals surface area (Å²) in [6.45, 7) is 0.274. The molecule has 0 saturated heterocycles. The van der Waals surface area contributed by atoms with Crippen molar-refractivity contribution < 1.29 is 18.0 Å². The predicted octanol–water partition coefficient (Wildman–Crippen LogP) is 3.23. The second kappa shape index (κ2) is 7.52. The number of hydrogen-bond acceptors (Lipinski definition) is 8. The number of fused-ring (bicyclic) bond motifs is 1. The predicted molar refractivity (Wildman–Crippen MR) is 103 cm³/mol. The molecule has 0 aliphatic carbocycles. The summed E-state index contributed by atoms with van der Waals surface area (Å²) in [6.07, 6.45) is 6.30. The van der Waals surface area contributed by atoms with Crippen molar-refractivity contribution >= 4 is 0 Å². The monoisotopic (exact) mass is 421 g/mol. The van der Waals surface area contributed by atoms with Gasteiger partial charge in [0.1, 0.15) is 23.6 Å². The van der Waals surface area contributed by atoms with Gasteiger partial charge >= 0.3 is 6.01 Å². The van der Waals surface area contributed by atoms with Crippen LogP contribution in [0.2, 0.25) is 0 Å². The van der Waals surface area contributed by atoms with E-state index in [1.54, 1.807) is 29.3 Å². The second-order valence-corrected chi connectivity index (χ2v) is 6.53. The summed E-state index contributed by atoms with van der Waals surface area (Å²) >= 11 is 0. The molecule has 0 unspecified atom stereocenters. The Kier molecular flexibility index (Phi) is 4.54. The lowest BCUT2D eigenvalue weighted by Gasteiger charge is -2.03. The largest absolute Gasteiger partial charge is 0.467 e. The maximum absolute atomic E-state index is 14.1. The Labute approximate surface area is 173 Å². The molecule has 154 valence electrons. The smallest absolute Gasteiger partial charge is 0.316 e. The lowest BCUT2D eigenvalue weighted by molar-refractivity contribution is 0.371. The van der Waals surface area contributed by atoms with Crippen molar-refractivity contribution in [1.29, 1.82) is 0 Å².